The van der Waals surface area contributed by atoms with Gasteiger partial charge in [0.25, 0.3) is 0 Å². The highest BCUT2D eigenvalue weighted by Gasteiger charge is 2.59. The highest BCUT2D eigenvalue weighted by atomic mass is 16.9. The van der Waals surface area contributed by atoms with Crippen molar-refractivity contribution in [3.05, 3.63) is 0 Å². The van der Waals surface area contributed by atoms with E-state index in [4.69, 9.17) is 9.47 Å². The normalized spacial score (nSPS) is 60.3. The van der Waals surface area contributed by atoms with E-state index in [1.807, 2.05) is 6.92 Å². The Morgan fingerprint density at radius 2 is 1.82 bits per heavy atom. The lowest BCUT2D eigenvalue weighted by Gasteiger charge is -2.34. The van der Waals surface area contributed by atoms with Crippen LogP contribution in [0.2, 0.25) is 0 Å². The third kappa shape index (κ3) is 0.789. The summed E-state index contributed by atoms with van der Waals surface area (Å²) in [5, 5.41) is 3.35. The minimum atomic E-state index is 0.0503. The van der Waals surface area contributed by atoms with Gasteiger partial charge in [0.2, 0.25) is 0 Å². The van der Waals surface area contributed by atoms with Crippen LogP contribution in [0, 0.1) is 17.8 Å². The van der Waals surface area contributed by atoms with Gasteiger partial charge < -0.3 is 14.8 Å². The highest BCUT2D eigenvalue weighted by Crippen LogP contribution is 2.53. The molecule has 3 rings (SSSR count). The lowest BCUT2D eigenvalue weighted by Crippen LogP contribution is -2.42. The van der Waals surface area contributed by atoms with Crippen molar-refractivity contribution in [1.29, 1.82) is 0 Å². The fourth-order valence-corrected chi connectivity index (χ4v) is 2.44. The van der Waals surface area contributed by atoms with Crippen LogP contribution < -0.4 is 5.32 Å². The zero-order chi connectivity index (χ0) is 7.42. The van der Waals surface area contributed by atoms with Crippen LogP contribution in [0.3, 0.4) is 0 Å². The van der Waals surface area contributed by atoms with E-state index in [2.05, 4.69) is 5.32 Å². The van der Waals surface area contributed by atoms with Gasteiger partial charge in [0.15, 0.2) is 12.6 Å². The van der Waals surface area contributed by atoms with E-state index in [9.17, 15) is 0 Å². The summed E-state index contributed by atoms with van der Waals surface area (Å²) in [5.41, 5.74) is 0. The number of piperidine rings is 1. The molecule has 0 radical (unpaired) electrons. The van der Waals surface area contributed by atoms with Gasteiger partial charge in [0.05, 0.1) is 0 Å². The lowest BCUT2D eigenvalue weighted by atomic mass is 10.2. The third-order valence-corrected chi connectivity index (χ3v) is 3.12. The highest BCUT2D eigenvalue weighted by molar-refractivity contribution is 5.06. The maximum Gasteiger partial charge on any atom is 0.167 e. The Morgan fingerprint density at radius 1 is 1.18 bits per heavy atom. The maximum absolute atomic E-state index is 5.45. The first-order valence-electron chi connectivity index (χ1n) is 4.38. The molecule has 1 saturated carbocycles. The molecular formula is C8H13NO2. The number of rotatable bonds is 1. The second-order valence-corrected chi connectivity index (χ2v) is 3.77. The number of ether oxygens (including phenoxy) is 2. The standard InChI is InChI=1S/C8H13NO2/c1-4-10-8(11-4)7-5-2-9-3-6(5)7/h4-9H,2-3H2,1H3/t4?,5-,6?,7?,8?/m1/s1. The maximum atomic E-state index is 5.45. The molecule has 3 aliphatic rings. The molecule has 3 nitrogen and oxygen atoms in total. The van der Waals surface area contributed by atoms with Gasteiger partial charge in [-0.3, -0.25) is 0 Å². The number of hydrogen-bond acceptors (Lipinski definition) is 3. The predicted molar refractivity (Wildman–Crippen MR) is 38.8 cm³/mol. The Hall–Kier alpha value is -0.120. The number of fused-ring (bicyclic) bond motifs is 1. The fraction of sp³-hybridized carbons (Fsp3) is 1.00. The molecule has 62 valence electrons. The van der Waals surface area contributed by atoms with Crippen LogP contribution >= 0.6 is 0 Å². The predicted octanol–water partition coefficient (Wildman–Crippen LogP) is 0.171. The molecule has 2 heterocycles. The largest absolute Gasteiger partial charge is 0.324 e. The summed E-state index contributed by atoms with van der Waals surface area (Å²) in [5.74, 6) is 2.42. The lowest BCUT2D eigenvalue weighted by molar-refractivity contribution is -0.385. The fourth-order valence-electron chi connectivity index (χ4n) is 2.44. The summed E-state index contributed by atoms with van der Waals surface area (Å²) in [6.07, 6.45) is 0.191. The quantitative estimate of drug-likeness (QED) is 0.585. The molecule has 0 aromatic carbocycles. The molecule has 3 heteroatoms. The zero-order valence-corrected chi connectivity index (χ0v) is 6.62. The molecule has 3 atom stereocenters. The molecule has 0 bridgehead atoms. The second kappa shape index (κ2) is 1.97. The summed E-state index contributed by atoms with van der Waals surface area (Å²) in [7, 11) is 0. The Balaban J connectivity index is 1.59. The Bertz CT molecular complexity index is 169. The average Bonchev–Trinajstić information content (AvgIpc) is 2.42. The first-order valence-corrected chi connectivity index (χ1v) is 4.38. The van der Waals surface area contributed by atoms with Gasteiger partial charge in [-0.2, -0.15) is 0 Å². The summed E-state index contributed by atoms with van der Waals surface area (Å²) in [6, 6.07) is 0. The van der Waals surface area contributed by atoms with Crippen molar-refractivity contribution in [3.63, 3.8) is 0 Å². The molecule has 0 spiro atoms. The van der Waals surface area contributed by atoms with Gasteiger partial charge in [-0.1, -0.05) is 0 Å². The topological polar surface area (TPSA) is 30.5 Å². The molecule has 1 aliphatic carbocycles. The summed E-state index contributed by atoms with van der Waals surface area (Å²) in [6.45, 7) is 4.30. The molecule has 0 aromatic rings. The molecule has 3 fully saturated rings. The van der Waals surface area contributed by atoms with Crippen LogP contribution in [0.4, 0.5) is 0 Å². The minimum absolute atomic E-state index is 0.0503. The van der Waals surface area contributed by atoms with E-state index in [0.717, 1.165) is 11.8 Å². The van der Waals surface area contributed by atoms with Crippen LogP contribution in [-0.4, -0.2) is 25.7 Å². The van der Waals surface area contributed by atoms with Crippen molar-refractivity contribution in [2.75, 3.05) is 13.1 Å². The Morgan fingerprint density at radius 3 is 2.36 bits per heavy atom. The SMILES string of the molecule is CC1OC(C2C3CNC[C@H]32)O1. The van der Waals surface area contributed by atoms with E-state index in [1.165, 1.54) is 13.1 Å². The van der Waals surface area contributed by atoms with Gasteiger partial charge in [-0.05, 0) is 31.8 Å². The molecule has 0 amide bonds. The molecule has 11 heavy (non-hydrogen) atoms. The van der Waals surface area contributed by atoms with Crippen molar-refractivity contribution in [2.24, 2.45) is 17.8 Å². The van der Waals surface area contributed by atoms with Gasteiger partial charge in [-0.25, -0.2) is 0 Å². The van der Waals surface area contributed by atoms with Crippen LogP contribution in [0.15, 0.2) is 0 Å². The molecule has 1 N–H and O–H groups in total. The third-order valence-electron chi connectivity index (χ3n) is 3.12. The molecular weight excluding hydrogens is 142 g/mol. The summed E-state index contributed by atoms with van der Waals surface area (Å²) in [4.78, 5) is 0. The number of hydrogen-bond donors (Lipinski definition) is 1. The van der Waals surface area contributed by atoms with Gasteiger partial charge in [0, 0.05) is 5.92 Å². The molecule has 2 saturated heterocycles. The zero-order valence-electron chi connectivity index (χ0n) is 6.62. The van der Waals surface area contributed by atoms with E-state index >= 15 is 0 Å². The first kappa shape index (κ1) is 6.40. The van der Waals surface area contributed by atoms with E-state index in [-0.39, 0.29) is 12.6 Å². The van der Waals surface area contributed by atoms with E-state index in [0.29, 0.717) is 5.92 Å². The average molecular weight is 155 g/mol. The molecule has 0 aromatic heterocycles. The van der Waals surface area contributed by atoms with E-state index < -0.39 is 0 Å². The Kier molecular flexibility index (Phi) is 1.15. The second-order valence-electron chi connectivity index (χ2n) is 3.77. The van der Waals surface area contributed by atoms with Crippen molar-refractivity contribution in [3.8, 4) is 0 Å². The van der Waals surface area contributed by atoms with Crippen molar-refractivity contribution < 1.29 is 9.47 Å². The minimum Gasteiger partial charge on any atom is -0.324 e. The summed E-state index contributed by atoms with van der Waals surface area (Å²) >= 11 is 0. The summed E-state index contributed by atoms with van der Waals surface area (Å²) < 4.78 is 10.9. The van der Waals surface area contributed by atoms with Crippen LogP contribution in [0.5, 0.6) is 0 Å². The van der Waals surface area contributed by atoms with Crippen LogP contribution in [0.25, 0.3) is 0 Å². The van der Waals surface area contributed by atoms with Gasteiger partial charge >= 0.3 is 0 Å². The monoisotopic (exact) mass is 155 g/mol. The van der Waals surface area contributed by atoms with E-state index in [1.54, 1.807) is 0 Å². The van der Waals surface area contributed by atoms with Gasteiger partial charge in [0.1, 0.15) is 0 Å². The Labute approximate surface area is 66.1 Å². The molecule has 2 aliphatic heterocycles. The van der Waals surface area contributed by atoms with Crippen LogP contribution in [0.1, 0.15) is 6.92 Å². The van der Waals surface area contributed by atoms with Crippen molar-refractivity contribution >= 4 is 0 Å². The van der Waals surface area contributed by atoms with Crippen molar-refractivity contribution in [1.82, 2.24) is 5.32 Å². The smallest absolute Gasteiger partial charge is 0.167 e. The molecule has 2 unspecified atom stereocenters. The van der Waals surface area contributed by atoms with Crippen molar-refractivity contribution in [2.45, 2.75) is 19.5 Å². The van der Waals surface area contributed by atoms with Gasteiger partial charge in [-0.15, -0.1) is 0 Å². The first-order chi connectivity index (χ1) is 5.36. The number of nitrogens with one attached hydrogen (secondary N) is 1. The van der Waals surface area contributed by atoms with Crippen LogP contribution in [-0.2, 0) is 9.47 Å².